The minimum Gasteiger partial charge on any atom is -0.317 e. The van der Waals surface area contributed by atoms with Crippen molar-refractivity contribution in [2.24, 2.45) is 0 Å². The van der Waals surface area contributed by atoms with Crippen LogP contribution in [0.2, 0.25) is 5.02 Å². The Morgan fingerprint density at radius 2 is 1.87 bits per heavy atom. The van der Waals surface area contributed by atoms with Crippen LogP contribution in [0.25, 0.3) is 0 Å². The molecular formula is C19H21ClN2O. The molecule has 0 radical (unpaired) electrons. The molecule has 1 N–H and O–H groups in total. The van der Waals surface area contributed by atoms with Crippen molar-refractivity contribution >= 4 is 23.3 Å². The van der Waals surface area contributed by atoms with Crippen molar-refractivity contribution < 1.29 is 4.79 Å². The van der Waals surface area contributed by atoms with E-state index in [0.29, 0.717) is 0 Å². The molecule has 2 aromatic carbocycles. The van der Waals surface area contributed by atoms with Gasteiger partial charge in [0.1, 0.15) is 0 Å². The van der Waals surface area contributed by atoms with Gasteiger partial charge >= 0.3 is 6.03 Å². The average Bonchev–Trinajstić information content (AvgIpc) is 2.96. The molecule has 4 heteroatoms. The van der Waals surface area contributed by atoms with Crippen LogP contribution in [0.15, 0.2) is 42.5 Å². The van der Waals surface area contributed by atoms with Gasteiger partial charge in [-0.1, -0.05) is 35.9 Å². The zero-order valence-corrected chi connectivity index (χ0v) is 14.2. The van der Waals surface area contributed by atoms with Gasteiger partial charge in [-0.2, -0.15) is 0 Å². The highest BCUT2D eigenvalue weighted by Gasteiger charge is 2.31. The predicted molar refractivity (Wildman–Crippen MR) is 95.1 cm³/mol. The fourth-order valence-corrected chi connectivity index (χ4v) is 3.58. The van der Waals surface area contributed by atoms with Crippen molar-refractivity contribution in [2.45, 2.75) is 32.7 Å². The summed E-state index contributed by atoms with van der Waals surface area (Å²) in [7, 11) is 0. The Balaban J connectivity index is 1.80. The van der Waals surface area contributed by atoms with Crippen molar-refractivity contribution in [2.75, 3.05) is 11.9 Å². The first kappa shape index (κ1) is 15.9. The normalized spacial score (nSPS) is 17.3. The molecule has 2 amide bonds. The summed E-state index contributed by atoms with van der Waals surface area (Å²) in [6, 6.07) is 13.9. The van der Waals surface area contributed by atoms with Gasteiger partial charge in [0.05, 0.1) is 6.04 Å². The quantitative estimate of drug-likeness (QED) is 0.794. The number of nitrogens with one attached hydrogen (secondary N) is 1. The van der Waals surface area contributed by atoms with Crippen molar-refractivity contribution in [1.82, 2.24) is 4.90 Å². The third-order valence-corrected chi connectivity index (χ3v) is 4.60. The van der Waals surface area contributed by atoms with E-state index in [-0.39, 0.29) is 12.1 Å². The van der Waals surface area contributed by atoms with Crippen LogP contribution in [0.3, 0.4) is 0 Å². The zero-order chi connectivity index (χ0) is 16.4. The van der Waals surface area contributed by atoms with Gasteiger partial charge in [0.25, 0.3) is 0 Å². The first-order valence-corrected chi connectivity index (χ1v) is 8.33. The lowest BCUT2D eigenvalue weighted by atomic mass is 10.0. The molecule has 3 rings (SSSR count). The fourth-order valence-electron chi connectivity index (χ4n) is 3.32. The molecule has 3 nitrogen and oxygen atoms in total. The maximum Gasteiger partial charge on any atom is 0.322 e. The summed E-state index contributed by atoms with van der Waals surface area (Å²) in [5, 5.41) is 3.75. The van der Waals surface area contributed by atoms with E-state index in [0.717, 1.165) is 46.8 Å². The van der Waals surface area contributed by atoms with Gasteiger partial charge in [0.15, 0.2) is 0 Å². The van der Waals surface area contributed by atoms with E-state index in [2.05, 4.69) is 11.4 Å². The summed E-state index contributed by atoms with van der Waals surface area (Å²) in [6.45, 7) is 4.82. The van der Waals surface area contributed by atoms with Crippen LogP contribution in [0, 0.1) is 13.8 Å². The molecule has 0 unspecified atom stereocenters. The van der Waals surface area contributed by atoms with Gasteiger partial charge in [-0.05, 0) is 61.6 Å². The van der Waals surface area contributed by atoms with E-state index in [1.165, 1.54) is 0 Å². The van der Waals surface area contributed by atoms with Crippen molar-refractivity contribution in [3.05, 3.63) is 64.2 Å². The van der Waals surface area contributed by atoms with Gasteiger partial charge in [-0.25, -0.2) is 4.79 Å². The van der Waals surface area contributed by atoms with Gasteiger partial charge in [0, 0.05) is 17.3 Å². The average molecular weight is 329 g/mol. The number of benzene rings is 2. The van der Waals surface area contributed by atoms with Crippen LogP contribution in [-0.2, 0) is 0 Å². The first-order chi connectivity index (χ1) is 11.0. The number of hydrogen-bond donors (Lipinski definition) is 1. The first-order valence-electron chi connectivity index (χ1n) is 7.95. The number of likely N-dealkylation sites (tertiary alicyclic amines) is 1. The van der Waals surface area contributed by atoms with E-state index < -0.39 is 0 Å². The van der Waals surface area contributed by atoms with E-state index in [9.17, 15) is 4.79 Å². The molecule has 1 aliphatic heterocycles. The summed E-state index contributed by atoms with van der Waals surface area (Å²) in [5.41, 5.74) is 4.16. The number of amides is 2. The molecule has 0 aliphatic carbocycles. The Labute approximate surface area is 142 Å². The maximum absolute atomic E-state index is 12.7. The van der Waals surface area contributed by atoms with Crippen LogP contribution in [0.1, 0.15) is 35.6 Å². The molecule has 1 saturated heterocycles. The monoisotopic (exact) mass is 328 g/mol. The topological polar surface area (TPSA) is 32.3 Å². The Bertz CT molecular complexity index is 709. The molecule has 1 heterocycles. The largest absolute Gasteiger partial charge is 0.322 e. The van der Waals surface area contributed by atoms with Gasteiger partial charge in [-0.15, -0.1) is 0 Å². The lowest BCUT2D eigenvalue weighted by molar-refractivity contribution is 0.207. The van der Waals surface area contributed by atoms with Crippen molar-refractivity contribution in [3.8, 4) is 0 Å². The molecule has 0 aromatic heterocycles. The summed E-state index contributed by atoms with van der Waals surface area (Å²) < 4.78 is 0. The molecule has 1 aliphatic rings. The minimum atomic E-state index is -0.0579. The van der Waals surface area contributed by atoms with Crippen LogP contribution < -0.4 is 5.32 Å². The number of halogens is 1. The summed E-state index contributed by atoms with van der Waals surface area (Å²) in [4.78, 5) is 14.6. The van der Waals surface area contributed by atoms with Gasteiger partial charge in [0.2, 0.25) is 0 Å². The fraction of sp³-hybridized carbons (Fsp3) is 0.316. The standard InChI is InChI=1S/C19H21ClN2O/c1-13-10-14(2)12-15(11-13)21-19(23)22-9-5-8-18(22)16-6-3-4-7-17(16)20/h3-4,6-7,10-12,18H,5,8-9H2,1-2H3,(H,21,23)/t18-/m0/s1. The summed E-state index contributed by atoms with van der Waals surface area (Å²) >= 11 is 6.32. The summed E-state index contributed by atoms with van der Waals surface area (Å²) in [5.74, 6) is 0. The smallest absolute Gasteiger partial charge is 0.317 e. The predicted octanol–water partition coefficient (Wildman–Crippen LogP) is 5.33. The number of rotatable bonds is 2. The third-order valence-electron chi connectivity index (χ3n) is 4.25. The third kappa shape index (κ3) is 3.50. The molecule has 1 fully saturated rings. The van der Waals surface area contributed by atoms with Crippen LogP contribution >= 0.6 is 11.6 Å². The van der Waals surface area contributed by atoms with Crippen molar-refractivity contribution in [3.63, 3.8) is 0 Å². The second-order valence-corrected chi connectivity index (χ2v) is 6.59. The minimum absolute atomic E-state index is 0.0506. The highest BCUT2D eigenvalue weighted by Crippen LogP contribution is 2.36. The number of hydrogen-bond acceptors (Lipinski definition) is 1. The van der Waals surface area contributed by atoms with E-state index in [1.54, 1.807) is 0 Å². The highest BCUT2D eigenvalue weighted by atomic mass is 35.5. The van der Waals surface area contributed by atoms with E-state index in [1.807, 2.05) is 55.1 Å². The lowest BCUT2D eigenvalue weighted by Gasteiger charge is -2.26. The van der Waals surface area contributed by atoms with E-state index in [4.69, 9.17) is 11.6 Å². The van der Waals surface area contributed by atoms with Crippen LogP contribution in [0.5, 0.6) is 0 Å². The SMILES string of the molecule is Cc1cc(C)cc(NC(=O)N2CCC[C@H]2c2ccccc2Cl)c1. The molecule has 120 valence electrons. The number of carbonyl (C=O) groups excluding carboxylic acids is 1. The Morgan fingerprint density at radius 3 is 2.57 bits per heavy atom. The molecule has 0 saturated carbocycles. The molecular weight excluding hydrogens is 308 g/mol. The number of anilines is 1. The van der Waals surface area contributed by atoms with Crippen LogP contribution in [-0.4, -0.2) is 17.5 Å². The number of nitrogens with zero attached hydrogens (tertiary/aromatic N) is 1. The molecule has 0 bridgehead atoms. The van der Waals surface area contributed by atoms with Gasteiger partial charge in [-0.3, -0.25) is 0 Å². The number of carbonyl (C=O) groups is 1. The number of aryl methyl sites for hydroxylation is 2. The Hall–Kier alpha value is -2.00. The van der Waals surface area contributed by atoms with Crippen molar-refractivity contribution in [1.29, 1.82) is 0 Å². The lowest BCUT2D eigenvalue weighted by Crippen LogP contribution is -2.34. The summed E-state index contributed by atoms with van der Waals surface area (Å²) in [6.07, 6.45) is 1.94. The second kappa shape index (κ2) is 6.63. The molecule has 2 aromatic rings. The molecule has 0 spiro atoms. The second-order valence-electron chi connectivity index (χ2n) is 6.18. The van der Waals surface area contributed by atoms with Gasteiger partial charge < -0.3 is 10.2 Å². The molecule has 1 atom stereocenters. The Morgan fingerprint density at radius 1 is 1.17 bits per heavy atom. The van der Waals surface area contributed by atoms with E-state index >= 15 is 0 Å². The highest BCUT2D eigenvalue weighted by molar-refractivity contribution is 6.31. The maximum atomic E-state index is 12.7. The van der Waals surface area contributed by atoms with Crippen LogP contribution in [0.4, 0.5) is 10.5 Å². The Kier molecular flexibility index (Phi) is 4.58. The zero-order valence-electron chi connectivity index (χ0n) is 13.5. The number of urea groups is 1. The molecule has 23 heavy (non-hydrogen) atoms.